The van der Waals surface area contributed by atoms with Gasteiger partial charge in [0.15, 0.2) is 0 Å². The minimum atomic E-state index is -3.59. The molecule has 0 radical (unpaired) electrons. The largest absolute Gasteiger partial charge is 0.496 e. The maximum atomic E-state index is 13.1. The normalized spacial score (nSPS) is 19.2. The first-order chi connectivity index (χ1) is 11.0. The van der Waals surface area contributed by atoms with Crippen LogP contribution in [0, 0.1) is 13.8 Å². The van der Waals surface area contributed by atoms with Crippen LogP contribution in [-0.4, -0.2) is 36.6 Å². The molecule has 0 spiro atoms. The molecule has 23 heavy (non-hydrogen) atoms. The zero-order chi connectivity index (χ0) is 16.6. The first-order valence-corrected chi connectivity index (χ1v) is 9.07. The predicted octanol–water partition coefficient (Wildman–Crippen LogP) is 2.56. The number of para-hydroxylation sites is 1. The van der Waals surface area contributed by atoms with Crippen molar-refractivity contribution in [2.75, 3.05) is 13.7 Å². The highest BCUT2D eigenvalue weighted by Gasteiger charge is 2.39. The van der Waals surface area contributed by atoms with Crippen molar-refractivity contribution in [1.29, 1.82) is 0 Å². The number of rotatable bonds is 4. The summed E-state index contributed by atoms with van der Waals surface area (Å²) in [5.41, 5.74) is 2.00. The summed E-state index contributed by atoms with van der Waals surface area (Å²) in [5, 5.41) is 6.79. The monoisotopic (exact) mass is 335 g/mol. The molecule has 0 amide bonds. The van der Waals surface area contributed by atoms with E-state index in [1.54, 1.807) is 25.3 Å². The van der Waals surface area contributed by atoms with E-state index >= 15 is 0 Å². The van der Waals surface area contributed by atoms with Gasteiger partial charge in [-0.15, -0.1) is 0 Å². The van der Waals surface area contributed by atoms with Crippen LogP contribution in [0.1, 0.15) is 35.8 Å². The van der Waals surface area contributed by atoms with Gasteiger partial charge in [-0.1, -0.05) is 18.2 Å². The second kappa shape index (κ2) is 5.98. The quantitative estimate of drug-likeness (QED) is 0.932. The molecule has 0 aliphatic carbocycles. The summed E-state index contributed by atoms with van der Waals surface area (Å²) in [7, 11) is -1.99. The van der Waals surface area contributed by atoms with E-state index in [1.165, 1.54) is 0 Å². The van der Waals surface area contributed by atoms with Gasteiger partial charge in [-0.05, 0) is 32.8 Å². The lowest BCUT2D eigenvalue weighted by atomic mass is 10.0. The Hall–Kier alpha value is -1.86. The lowest BCUT2D eigenvalue weighted by Crippen LogP contribution is -2.31. The maximum Gasteiger partial charge on any atom is 0.247 e. The van der Waals surface area contributed by atoms with Gasteiger partial charge in [0.05, 0.1) is 24.5 Å². The van der Waals surface area contributed by atoms with Crippen molar-refractivity contribution in [3.05, 3.63) is 41.2 Å². The van der Waals surface area contributed by atoms with Crippen molar-refractivity contribution in [2.45, 2.75) is 37.6 Å². The molecule has 124 valence electrons. The summed E-state index contributed by atoms with van der Waals surface area (Å²) in [5.74, 6) is 0.722. The van der Waals surface area contributed by atoms with Crippen LogP contribution >= 0.6 is 0 Å². The molecule has 1 fully saturated rings. The Morgan fingerprint density at radius 2 is 2.04 bits per heavy atom. The Labute approximate surface area is 136 Å². The molecule has 1 saturated heterocycles. The number of methoxy groups -OCH3 is 1. The topological polar surface area (TPSA) is 75.3 Å². The van der Waals surface area contributed by atoms with Crippen LogP contribution in [0.5, 0.6) is 5.75 Å². The molecule has 0 bridgehead atoms. The third-order valence-electron chi connectivity index (χ3n) is 4.33. The summed E-state index contributed by atoms with van der Waals surface area (Å²) in [6, 6.07) is 7.40. The summed E-state index contributed by atoms with van der Waals surface area (Å²) in [4.78, 5) is 0.291. The second-order valence-corrected chi connectivity index (χ2v) is 7.61. The summed E-state index contributed by atoms with van der Waals surface area (Å²) in [6.07, 6.45) is 1.62. The molecular weight excluding hydrogens is 314 g/mol. The summed E-state index contributed by atoms with van der Waals surface area (Å²) in [6.45, 7) is 3.96. The Morgan fingerprint density at radius 1 is 1.30 bits per heavy atom. The molecule has 1 aliphatic rings. The van der Waals surface area contributed by atoms with Crippen molar-refractivity contribution < 1.29 is 13.2 Å². The van der Waals surface area contributed by atoms with Gasteiger partial charge in [0.25, 0.3) is 0 Å². The molecule has 6 nitrogen and oxygen atoms in total. The van der Waals surface area contributed by atoms with Crippen LogP contribution in [0.2, 0.25) is 0 Å². The number of nitrogens with one attached hydrogen (secondary N) is 1. The number of H-pyrrole nitrogens is 1. The smallest absolute Gasteiger partial charge is 0.247 e. The van der Waals surface area contributed by atoms with Crippen molar-refractivity contribution in [1.82, 2.24) is 14.5 Å². The van der Waals surface area contributed by atoms with E-state index in [0.717, 1.165) is 24.2 Å². The molecule has 2 aromatic rings. The minimum absolute atomic E-state index is 0.204. The van der Waals surface area contributed by atoms with E-state index in [2.05, 4.69) is 10.2 Å². The highest BCUT2D eigenvalue weighted by Crippen LogP contribution is 2.40. The van der Waals surface area contributed by atoms with Crippen molar-refractivity contribution in [3.63, 3.8) is 0 Å². The molecule has 1 N–H and O–H groups in total. The summed E-state index contributed by atoms with van der Waals surface area (Å²) >= 11 is 0. The molecule has 1 aromatic carbocycles. The summed E-state index contributed by atoms with van der Waals surface area (Å²) < 4.78 is 33.3. The fraction of sp³-hybridized carbons (Fsp3) is 0.438. The SMILES string of the molecule is COc1ccccc1C1CCCN1S(=O)(=O)c1c(C)n[nH]c1C. The van der Waals surface area contributed by atoms with Crippen molar-refractivity contribution >= 4 is 10.0 Å². The number of sulfonamides is 1. The Morgan fingerprint density at radius 3 is 2.70 bits per heavy atom. The van der Waals surface area contributed by atoms with Crippen LogP contribution in [0.4, 0.5) is 0 Å². The highest BCUT2D eigenvalue weighted by molar-refractivity contribution is 7.89. The molecule has 7 heteroatoms. The molecule has 0 saturated carbocycles. The van der Waals surface area contributed by atoms with Gasteiger partial charge in [-0.3, -0.25) is 5.10 Å². The van der Waals surface area contributed by atoms with Crippen LogP contribution in [-0.2, 0) is 10.0 Å². The van der Waals surface area contributed by atoms with Crippen molar-refractivity contribution in [2.24, 2.45) is 0 Å². The van der Waals surface area contributed by atoms with Crippen LogP contribution in [0.15, 0.2) is 29.2 Å². The lowest BCUT2D eigenvalue weighted by Gasteiger charge is -2.25. The molecule has 1 unspecified atom stereocenters. The average molecular weight is 335 g/mol. The fourth-order valence-electron chi connectivity index (χ4n) is 3.32. The van der Waals surface area contributed by atoms with Gasteiger partial charge in [0.2, 0.25) is 10.0 Å². The Kier molecular flexibility index (Phi) is 4.16. The van der Waals surface area contributed by atoms with Gasteiger partial charge in [0.1, 0.15) is 10.6 Å². The van der Waals surface area contributed by atoms with Crippen LogP contribution < -0.4 is 4.74 Å². The lowest BCUT2D eigenvalue weighted by molar-refractivity contribution is 0.366. The minimum Gasteiger partial charge on any atom is -0.496 e. The molecule has 1 atom stereocenters. The fourth-order valence-corrected chi connectivity index (χ4v) is 5.33. The number of aryl methyl sites for hydroxylation is 2. The van der Waals surface area contributed by atoms with Gasteiger partial charge in [-0.2, -0.15) is 9.40 Å². The van der Waals surface area contributed by atoms with Gasteiger partial charge in [-0.25, -0.2) is 8.42 Å². The molecule has 1 aliphatic heterocycles. The molecule has 3 rings (SSSR count). The third kappa shape index (κ3) is 2.64. The first kappa shape index (κ1) is 16.0. The predicted molar refractivity (Wildman–Crippen MR) is 86.9 cm³/mol. The molecule has 1 aromatic heterocycles. The number of aromatic nitrogens is 2. The van der Waals surface area contributed by atoms with E-state index in [1.807, 2.05) is 24.3 Å². The average Bonchev–Trinajstić information content (AvgIpc) is 3.14. The first-order valence-electron chi connectivity index (χ1n) is 7.63. The van der Waals surface area contributed by atoms with Crippen molar-refractivity contribution in [3.8, 4) is 5.75 Å². The van der Waals surface area contributed by atoms with E-state index in [-0.39, 0.29) is 6.04 Å². The number of hydrogen-bond acceptors (Lipinski definition) is 4. The molecule has 2 heterocycles. The standard InChI is InChI=1S/C16H21N3O3S/c1-11-16(12(2)18-17-11)23(20,21)19-10-6-8-14(19)13-7-4-5-9-15(13)22-3/h4-5,7,9,14H,6,8,10H2,1-3H3,(H,17,18). The van der Waals surface area contributed by atoms with Gasteiger partial charge >= 0.3 is 0 Å². The Bertz CT molecular complexity index is 794. The van der Waals surface area contributed by atoms with E-state index in [4.69, 9.17) is 4.74 Å². The van der Waals surface area contributed by atoms with Gasteiger partial charge < -0.3 is 4.74 Å². The number of nitrogens with zero attached hydrogens (tertiary/aromatic N) is 2. The van der Waals surface area contributed by atoms with Gasteiger partial charge in [0, 0.05) is 12.1 Å². The third-order valence-corrected chi connectivity index (χ3v) is 6.50. The van der Waals surface area contributed by atoms with E-state index < -0.39 is 10.0 Å². The maximum absolute atomic E-state index is 13.1. The second-order valence-electron chi connectivity index (χ2n) is 5.78. The zero-order valence-corrected chi connectivity index (χ0v) is 14.4. The number of benzene rings is 1. The van der Waals surface area contributed by atoms with Crippen LogP contribution in [0.3, 0.4) is 0 Å². The van der Waals surface area contributed by atoms with Crippen LogP contribution in [0.25, 0.3) is 0 Å². The highest BCUT2D eigenvalue weighted by atomic mass is 32.2. The molecular formula is C16H21N3O3S. The van der Waals surface area contributed by atoms with E-state index in [0.29, 0.717) is 22.8 Å². The van der Waals surface area contributed by atoms with E-state index in [9.17, 15) is 8.42 Å². The number of hydrogen-bond donors (Lipinski definition) is 1. The number of ether oxygens (including phenoxy) is 1. The zero-order valence-electron chi connectivity index (χ0n) is 13.5. The number of aromatic amines is 1. The Balaban J connectivity index is 2.05.